The van der Waals surface area contributed by atoms with Gasteiger partial charge in [0.05, 0.1) is 19.0 Å². The number of benzene rings is 1. The monoisotopic (exact) mass is 383 g/mol. The zero-order chi connectivity index (χ0) is 19.6. The topological polar surface area (TPSA) is 102 Å². The third-order valence-electron chi connectivity index (χ3n) is 5.05. The minimum Gasteiger partial charge on any atom is -0.480 e. The molecule has 2 aliphatic rings. The number of hydrogen-bond acceptors (Lipinski definition) is 5. The Balaban J connectivity index is 1.63. The van der Waals surface area contributed by atoms with Crippen molar-refractivity contribution in [3.8, 4) is 0 Å². The van der Waals surface area contributed by atoms with Gasteiger partial charge in [0.15, 0.2) is 0 Å². The van der Waals surface area contributed by atoms with Crippen LogP contribution >= 0.6 is 0 Å². The summed E-state index contributed by atoms with van der Waals surface area (Å²) in [6, 6.07) is 6.08. The molecule has 2 heterocycles. The lowest BCUT2D eigenvalue weighted by Gasteiger charge is -2.38. The number of carboxylic acid groups (broad SMARTS) is 1. The van der Waals surface area contributed by atoms with E-state index in [1.165, 1.54) is 4.90 Å². The van der Waals surface area contributed by atoms with E-state index in [0.717, 1.165) is 0 Å². The molecule has 1 amide bonds. The summed E-state index contributed by atoms with van der Waals surface area (Å²) < 4.78 is 29.0. The summed E-state index contributed by atoms with van der Waals surface area (Å²) in [6.45, 7) is -0.658. The van der Waals surface area contributed by atoms with Gasteiger partial charge in [-0.25, -0.2) is 8.78 Å². The van der Waals surface area contributed by atoms with Gasteiger partial charge < -0.3 is 20.8 Å². The van der Waals surface area contributed by atoms with E-state index in [0.29, 0.717) is 30.6 Å². The van der Waals surface area contributed by atoms with E-state index >= 15 is 0 Å². The quantitative estimate of drug-likeness (QED) is 0.610. The van der Waals surface area contributed by atoms with Crippen molar-refractivity contribution in [1.29, 1.82) is 0 Å². The number of carbonyl (C=O) groups is 2. The largest absolute Gasteiger partial charge is 0.480 e. The van der Waals surface area contributed by atoms with Crippen LogP contribution in [0.25, 0.3) is 0 Å². The van der Waals surface area contributed by atoms with Crippen LogP contribution in [-0.2, 0) is 9.59 Å². The predicted molar refractivity (Wildman–Crippen MR) is 93.6 cm³/mol. The molecule has 2 aliphatic heterocycles. The summed E-state index contributed by atoms with van der Waals surface area (Å²) in [5.74, 6) is -5.39. The molecule has 0 saturated carbocycles. The predicted octanol–water partition coefficient (Wildman–Crippen LogP) is 1.20. The first-order valence-electron chi connectivity index (χ1n) is 8.91. The van der Waals surface area contributed by atoms with Gasteiger partial charge in [0, 0.05) is 5.69 Å². The third-order valence-corrected chi connectivity index (χ3v) is 5.05. The van der Waals surface area contributed by atoms with Gasteiger partial charge in [-0.05, 0) is 43.5 Å². The Bertz CT molecular complexity index is 698. The maximum Gasteiger partial charge on any atom is 0.317 e. The fourth-order valence-corrected chi connectivity index (χ4v) is 3.69. The average Bonchev–Trinajstić information content (AvgIpc) is 2.57. The fraction of sp³-hybridized carbons (Fsp3) is 0.556. The smallest absolute Gasteiger partial charge is 0.317 e. The van der Waals surface area contributed by atoms with Gasteiger partial charge in [-0.2, -0.15) is 0 Å². The first-order valence-corrected chi connectivity index (χ1v) is 8.91. The number of rotatable bonds is 5. The lowest BCUT2D eigenvalue weighted by Crippen LogP contribution is -2.49. The maximum absolute atomic E-state index is 14.5. The van der Waals surface area contributed by atoms with E-state index in [2.05, 4.69) is 10.6 Å². The third kappa shape index (κ3) is 4.72. The average molecular weight is 383 g/mol. The number of alkyl halides is 2. The standard InChI is InChI=1S/C18H23F2N3O4/c19-18(20)10-23(9-16(25)26)8-7-13(18)11-1-3-12(4-2-11)21-14-5-6-15(24)22-17(14)27/h1-4,13-15,21,24H,5-10H2,(H,22,27)(H,25,26)/t13-,14?,15?/m1/s1. The van der Waals surface area contributed by atoms with Crippen molar-refractivity contribution < 1.29 is 28.6 Å². The van der Waals surface area contributed by atoms with Crippen LogP contribution in [0.5, 0.6) is 0 Å². The lowest BCUT2D eigenvalue weighted by atomic mass is 9.86. The Hall–Kier alpha value is -2.26. The van der Waals surface area contributed by atoms with E-state index in [-0.39, 0.29) is 18.9 Å². The number of carboxylic acids is 1. The molecular formula is C18H23F2N3O4. The summed E-state index contributed by atoms with van der Waals surface area (Å²) in [5.41, 5.74) is 1.13. The Morgan fingerprint density at radius 2 is 1.96 bits per heavy atom. The molecule has 1 aromatic carbocycles. The van der Waals surface area contributed by atoms with Crippen LogP contribution in [0, 0.1) is 0 Å². The zero-order valence-corrected chi connectivity index (χ0v) is 14.7. The number of aliphatic carboxylic acids is 1. The van der Waals surface area contributed by atoms with Crippen molar-refractivity contribution in [3.63, 3.8) is 0 Å². The SMILES string of the molecule is O=C(O)CN1CC[C@H](c2ccc(NC3CCC(O)NC3=O)cc2)C(F)(F)C1. The molecule has 4 N–H and O–H groups in total. The Kier molecular flexibility index (Phi) is 5.61. The van der Waals surface area contributed by atoms with Gasteiger partial charge in [-0.1, -0.05) is 12.1 Å². The van der Waals surface area contributed by atoms with Gasteiger partial charge in [0.1, 0.15) is 12.3 Å². The summed E-state index contributed by atoms with van der Waals surface area (Å²) in [7, 11) is 0. The molecule has 2 saturated heterocycles. The van der Waals surface area contributed by atoms with Gasteiger partial charge in [0.25, 0.3) is 5.92 Å². The molecule has 9 heteroatoms. The number of aliphatic hydroxyl groups excluding tert-OH is 1. The van der Waals surface area contributed by atoms with Crippen LogP contribution in [0.4, 0.5) is 14.5 Å². The van der Waals surface area contributed by atoms with Crippen molar-refractivity contribution in [1.82, 2.24) is 10.2 Å². The second-order valence-corrected chi connectivity index (χ2v) is 7.13. The maximum atomic E-state index is 14.5. The van der Waals surface area contributed by atoms with Crippen LogP contribution in [0.2, 0.25) is 0 Å². The van der Waals surface area contributed by atoms with Crippen molar-refractivity contribution in [2.75, 3.05) is 25.0 Å². The van der Waals surface area contributed by atoms with E-state index in [1.807, 2.05) is 0 Å². The highest BCUT2D eigenvalue weighted by molar-refractivity contribution is 5.85. The van der Waals surface area contributed by atoms with E-state index < -0.39 is 36.6 Å². The van der Waals surface area contributed by atoms with E-state index in [1.54, 1.807) is 24.3 Å². The second kappa shape index (κ2) is 7.77. The van der Waals surface area contributed by atoms with Crippen molar-refractivity contribution >= 4 is 17.6 Å². The molecule has 7 nitrogen and oxygen atoms in total. The number of nitrogens with zero attached hydrogens (tertiary/aromatic N) is 1. The molecule has 2 fully saturated rings. The first-order chi connectivity index (χ1) is 12.7. The summed E-state index contributed by atoms with van der Waals surface area (Å²) in [4.78, 5) is 23.8. The van der Waals surface area contributed by atoms with Crippen LogP contribution in [0.1, 0.15) is 30.7 Å². The number of amides is 1. The number of anilines is 1. The van der Waals surface area contributed by atoms with Crippen molar-refractivity contribution in [2.45, 2.75) is 43.4 Å². The Morgan fingerprint density at radius 1 is 1.26 bits per heavy atom. The molecule has 2 unspecified atom stereocenters. The Morgan fingerprint density at radius 3 is 2.56 bits per heavy atom. The highest BCUT2D eigenvalue weighted by Crippen LogP contribution is 2.40. The molecule has 3 atom stereocenters. The Labute approximate surface area is 155 Å². The number of halogens is 2. The fourth-order valence-electron chi connectivity index (χ4n) is 3.69. The molecular weight excluding hydrogens is 360 g/mol. The van der Waals surface area contributed by atoms with Gasteiger partial charge in [0.2, 0.25) is 5.91 Å². The van der Waals surface area contributed by atoms with E-state index in [4.69, 9.17) is 5.11 Å². The molecule has 0 spiro atoms. The normalized spacial score (nSPS) is 28.4. The van der Waals surface area contributed by atoms with Crippen molar-refractivity contribution in [2.24, 2.45) is 0 Å². The first kappa shape index (κ1) is 19.5. The minimum absolute atomic E-state index is 0.177. The summed E-state index contributed by atoms with van der Waals surface area (Å²) in [5, 5.41) is 23.7. The summed E-state index contributed by atoms with van der Waals surface area (Å²) >= 11 is 0. The van der Waals surface area contributed by atoms with Crippen LogP contribution in [-0.4, -0.2) is 64.8 Å². The lowest BCUT2D eigenvalue weighted by molar-refractivity contribution is -0.142. The highest BCUT2D eigenvalue weighted by atomic mass is 19.3. The van der Waals surface area contributed by atoms with E-state index in [9.17, 15) is 23.5 Å². The van der Waals surface area contributed by atoms with Crippen molar-refractivity contribution in [3.05, 3.63) is 29.8 Å². The van der Waals surface area contributed by atoms with Gasteiger partial charge in [-0.15, -0.1) is 0 Å². The molecule has 0 aromatic heterocycles. The molecule has 0 bridgehead atoms. The molecule has 27 heavy (non-hydrogen) atoms. The molecule has 148 valence electrons. The van der Waals surface area contributed by atoms with Crippen LogP contribution in [0.3, 0.4) is 0 Å². The summed E-state index contributed by atoms with van der Waals surface area (Å²) in [6.07, 6.45) is 0.278. The van der Waals surface area contributed by atoms with Gasteiger partial charge >= 0.3 is 5.97 Å². The number of piperidine rings is 2. The van der Waals surface area contributed by atoms with Gasteiger partial charge in [-0.3, -0.25) is 14.5 Å². The molecule has 0 aliphatic carbocycles. The zero-order valence-electron chi connectivity index (χ0n) is 14.7. The van der Waals surface area contributed by atoms with Crippen LogP contribution in [0.15, 0.2) is 24.3 Å². The molecule has 0 radical (unpaired) electrons. The van der Waals surface area contributed by atoms with Crippen LogP contribution < -0.4 is 10.6 Å². The minimum atomic E-state index is -3.01. The number of nitrogens with one attached hydrogen (secondary N) is 2. The second-order valence-electron chi connectivity index (χ2n) is 7.13. The molecule has 1 aromatic rings. The molecule has 3 rings (SSSR count). The number of hydrogen-bond donors (Lipinski definition) is 4. The number of aliphatic hydroxyl groups is 1. The number of carbonyl (C=O) groups excluding carboxylic acids is 1. The highest BCUT2D eigenvalue weighted by Gasteiger charge is 2.45. The number of likely N-dealkylation sites (tertiary alicyclic amines) is 1.